The highest BCUT2D eigenvalue weighted by molar-refractivity contribution is 5.87. The third kappa shape index (κ3) is 5.56. The second-order valence-electron chi connectivity index (χ2n) is 8.64. The van der Waals surface area contributed by atoms with Crippen LogP contribution >= 0.6 is 0 Å². The first-order valence-electron chi connectivity index (χ1n) is 11.4. The molecule has 3 nitrogen and oxygen atoms in total. The number of benzene rings is 4. The van der Waals surface area contributed by atoms with Crippen molar-refractivity contribution in [3.63, 3.8) is 0 Å². The molecule has 0 aliphatic carbocycles. The summed E-state index contributed by atoms with van der Waals surface area (Å²) in [5.41, 5.74) is 7.70. The summed E-state index contributed by atoms with van der Waals surface area (Å²) in [4.78, 5) is 12.0. The molecule has 0 spiro atoms. The molecular formula is C31H27FO3. The maximum absolute atomic E-state index is 15.2. The molecule has 0 unspecified atom stereocenters. The summed E-state index contributed by atoms with van der Waals surface area (Å²) >= 11 is 0. The summed E-state index contributed by atoms with van der Waals surface area (Å²) in [7, 11) is 0. The minimum absolute atomic E-state index is 0.0275. The number of halogens is 1. The summed E-state index contributed by atoms with van der Waals surface area (Å²) in [5, 5.41) is 9.34. The molecule has 35 heavy (non-hydrogen) atoms. The lowest BCUT2D eigenvalue weighted by Gasteiger charge is -2.14. The number of rotatable bonds is 7. The van der Waals surface area contributed by atoms with Gasteiger partial charge in [0.2, 0.25) is 0 Å². The molecule has 4 aromatic rings. The van der Waals surface area contributed by atoms with E-state index in [-0.39, 0.29) is 19.0 Å². The van der Waals surface area contributed by atoms with Gasteiger partial charge in [-0.3, -0.25) is 0 Å². The molecule has 4 aromatic carbocycles. The zero-order valence-electron chi connectivity index (χ0n) is 19.8. The largest absolute Gasteiger partial charge is 0.457 e. The van der Waals surface area contributed by atoms with Crippen LogP contribution in [0.2, 0.25) is 0 Å². The van der Waals surface area contributed by atoms with Crippen LogP contribution in [0.25, 0.3) is 33.4 Å². The van der Waals surface area contributed by atoms with Crippen LogP contribution in [-0.4, -0.2) is 11.1 Å². The van der Waals surface area contributed by atoms with E-state index in [1.807, 2.05) is 79.7 Å². The summed E-state index contributed by atoms with van der Waals surface area (Å²) < 4.78 is 20.7. The Morgan fingerprint density at radius 3 is 2.06 bits per heavy atom. The standard InChI is InChI=1S/C31H27FO3/c1-20(2)31(34)35-19-27-16-26(13-14-28(27)24-10-6-22(18-33)7-11-24)29-15-12-25(17-30(29)32)23-8-4-21(3)5-9-23/h4-17,33H,1,18-19H2,2-3H3. The Hall–Kier alpha value is -4.02. The lowest BCUT2D eigenvalue weighted by molar-refractivity contribution is -0.140. The van der Waals surface area contributed by atoms with Crippen molar-refractivity contribution in [2.24, 2.45) is 0 Å². The van der Waals surface area contributed by atoms with Gasteiger partial charge in [0, 0.05) is 11.1 Å². The Morgan fingerprint density at radius 1 is 0.829 bits per heavy atom. The van der Waals surface area contributed by atoms with Gasteiger partial charge in [-0.15, -0.1) is 0 Å². The van der Waals surface area contributed by atoms with Crippen molar-refractivity contribution in [1.82, 2.24) is 0 Å². The van der Waals surface area contributed by atoms with Crippen molar-refractivity contribution in [2.45, 2.75) is 27.1 Å². The second-order valence-corrected chi connectivity index (χ2v) is 8.64. The average molecular weight is 467 g/mol. The molecule has 1 N–H and O–H groups in total. The first kappa shape index (κ1) is 24.1. The fourth-order valence-electron chi connectivity index (χ4n) is 3.89. The van der Waals surface area contributed by atoms with Gasteiger partial charge in [0.25, 0.3) is 0 Å². The van der Waals surface area contributed by atoms with E-state index in [1.54, 1.807) is 19.1 Å². The molecular weight excluding hydrogens is 439 g/mol. The minimum Gasteiger partial charge on any atom is -0.457 e. The second kappa shape index (κ2) is 10.5. The van der Waals surface area contributed by atoms with Gasteiger partial charge in [-0.05, 0) is 64.9 Å². The van der Waals surface area contributed by atoms with Crippen LogP contribution in [0.4, 0.5) is 4.39 Å². The fraction of sp³-hybridized carbons (Fsp3) is 0.129. The highest BCUT2D eigenvalue weighted by Gasteiger charge is 2.14. The molecule has 0 heterocycles. The van der Waals surface area contributed by atoms with E-state index in [0.29, 0.717) is 16.7 Å². The van der Waals surface area contributed by atoms with Crippen LogP contribution in [0.3, 0.4) is 0 Å². The molecule has 0 aromatic heterocycles. The van der Waals surface area contributed by atoms with Crippen molar-refractivity contribution in [2.75, 3.05) is 0 Å². The Kier molecular flexibility index (Phi) is 7.23. The zero-order chi connectivity index (χ0) is 24.9. The number of aryl methyl sites for hydroxylation is 1. The van der Waals surface area contributed by atoms with E-state index in [4.69, 9.17) is 4.74 Å². The molecule has 4 rings (SSSR count). The van der Waals surface area contributed by atoms with Crippen LogP contribution in [0, 0.1) is 12.7 Å². The number of hydrogen-bond donors (Lipinski definition) is 1. The third-order valence-corrected chi connectivity index (χ3v) is 5.92. The SMILES string of the molecule is C=C(C)C(=O)OCc1cc(-c2ccc(-c3ccc(C)cc3)cc2F)ccc1-c1ccc(CO)cc1. The number of esters is 1. The molecule has 4 heteroatoms. The Labute approximate surface area is 205 Å². The van der Waals surface area contributed by atoms with Gasteiger partial charge in [-0.2, -0.15) is 0 Å². The molecule has 0 saturated heterocycles. The predicted molar refractivity (Wildman–Crippen MR) is 138 cm³/mol. The van der Waals surface area contributed by atoms with Crippen molar-refractivity contribution < 1.29 is 19.0 Å². The van der Waals surface area contributed by atoms with Crippen molar-refractivity contribution >= 4 is 5.97 Å². The van der Waals surface area contributed by atoms with Crippen LogP contribution in [0.1, 0.15) is 23.6 Å². The summed E-state index contributed by atoms with van der Waals surface area (Å²) in [5.74, 6) is -0.807. The summed E-state index contributed by atoms with van der Waals surface area (Å²) in [6, 6.07) is 26.3. The lowest BCUT2D eigenvalue weighted by atomic mass is 9.93. The van der Waals surface area contributed by atoms with Crippen molar-refractivity contribution in [3.05, 3.63) is 120 Å². The Bertz CT molecular complexity index is 1370. The first-order chi connectivity index (χ1) is 16.9. The quantitative estimate of drug-likeness (QED) is 0.231. The fourth-order valence-corrected chi connectivity index (χ4v) is 3.89. The van der Waals surface area contributed by atoms with Crippen LogP contribution in [-0.2, 0) is 22.7 Å². The van der Waals surface area contributed by atoms with Crippen LogP contribution in [0.15, 0.2) is 97.1 Å². The molecule has 0 saturated carbocycles. The lowest BCUT2D eigenvalue weighted by Crippen LogP contribution is -2.06. The molecule has 0 atom stereocenters. The Morgan fingerprint density at radius 2 is 1.43 bits per heavy atom. The number of aliphatic hydroxyl groups is 1. The van der Waals surface area contributed by atoms with Gasteiger partial charge in [0.15, 0.2) is 0 Å². The van der Waals surface area contributed by atoms with Crippen molar-refractivity contribution in [1.29, 1.82) is 0 Å². The number of ether oxygens (including phenoxy) is 1. The highest BCUT2D eigenvalue weighted by Crippen LogP contribution is 2.33. The van der Waals surface area contributed by atoms with E-state index >= 15 is 4.39 Å². The monoisotopic (exact) mass is 466 g/mol. The molecule has 0 aliphatic rings. The number of hydrogen-bond acceptors (Lipinski definition) is 3. The van der Waals surface area contributed by atoms with Gasteiger partial charge in [-0.1, -0.05) is 84.9 Å². The Balaban J connectivity index is 1.72. The van der Waals surface area contributed by atoms with E-state index < -0.39 is 5.97 Å². The van der Waals surface area contributed by atoms with Gasteiger partial charge in [0.05, 0.1) is 6.61 Å². The van der Waals surface area contributed by atoms with E-state index in [1.165, 1.54) is 0 Å². The molecule has 176 valence electrons. The maximum atomic E-state index is 15.2. The third-order valence-electron chi connectivity index (χ3n) is 5.92. The summed E-state index contributed by atoms with van der Waals surface area (Å²) in [6.07, 6.45) is 0. The molecule has 0 aliphatic heterocycles. The number of carbonyl (C=O) groups is 1. The van der Waals surface area contributed by atoms with E-state index in [9.17, 15) is 9.90 Å². The van der Waals surface area contributed by atoms with Crippen LogP contribution < -0.4 is 0 Å². The number of carbonyl (C=O) groups excluding carboxylic acids is 1. The normalized spacial score (nSPS) is 10.7. The molecule has 0 radical (unpaired) electrons. The van der Waals surface area contributed by atoms with Gasteiger partial charge >= 0.3 is 5.97 Å². The van der Waals surface area contributed by atoms with Crippen molar-refractivity contribution in [3.8, 4) is 33.4 Å². The van der Waals surface area contributed by atoms with Gasteiger partial charge < -0.3 is 9.84 Å². The summed E-state index contributed by atoms with van der Waals surface area (Å²) in [6.45, 7) is 7.23. The maximum Gasteiger partial charge on any atom is 0.333 e. The minimum atomic E-state index is -0.481. The topological polar surface area (TPSA) is 46.5 Å². The van der Waals surface area contributed by atoms with E-state index in [2.05, 4.69) is 6.58 Å². The predicted octanol–water partition coefficient (Wildman–Crippen LogP) is 7.25. The molecule has 0 fully saturated rings. The molecule has 0 amide bonds. The number of aliphatic hydroxyl groups excluding tert-OH is 1. The zero-order valence-corrected chi connectivity index (χ0v) is 19.8. The first-order valence-corrected chi connectivity index (χ1v) is 11.4. The van der Waals surface area contributed by atoms with Gasteiger partial charge in [0.1, 0.15) is 12.4 Å². The van der Waals surface area contributed by atoms with E-state index in [0.717, 1.165) is 38.9 Å². The smallest absolute Gasteiger partial charge is 0.333 e. The highest BCUT2D eigenvalue weighted by atomic mass is 19.1. The molecule has 0 bridgehead atoms. The van der Waals surface area contributed by atoms with Gasteiger partial charge in [-0.25, -0.2) is 9.18 Å². The van der Waals surface area contributed by atoms with Crippen LogP contribution in [0.5, 0.6) is 0 Å². The average Bonchev–Trinajstić information content (AvgIpc) is 2.87.